The van der Waals surface area contributed by atoms with Crippen LogP contribution in [0.1, 0.15) is 12.8 Å². The highest BCUT2D eigenvalue weighted by molar-refractivity contribution is 5.46. The van der Waals surface area contributed by atoms with Crippen molar-refractivity contribution in [1.29, 1.82) is 0 Å². The predicted molar refractivity (Wildman–Crippen MR) is 62.9 cm³/mol. The number of fused-ring (bicyclic) bond motifs is 2. The molecule has 3 atom stereocenters. The number of rotatable bonds is 2. The van der Waals surface area contributed by atoms with Crippen LogP contribution in [0.25, 0.3) is 0 Å². The third kappa shape index (κ3) is 2.02. The first-order chi connectivity index (χ1) is 8.24. The molecule has 3 rings (SSSR count). The lowest BCUT2D eigenvalue weighted by molar-refractivity contribution is 0.254. The van der Waals surface area contributed by atoms with Crippen molar-refractivity contribution in [2.75, 3.05) is 25.0 Å². The average Bonchev–Trinajstić information content (AvgIpc) is 2.71. The van der Waals surface area contributed by atoms with Gasteiger partial charge in [-0.25, -0.2) is 8.78 Å². The van der Waals surface area contributed by atoms with Gasteiger partial charge in [-0.15, -0.1) is 0 Å². The topological polar surface area (TPSA) is 15.3 Å². The predicted octanol–water partition coefficient (Wildman–Crippen LogP) is 2.47. The molecule has 2 aliphatic rings. The standard InChI is InChI=1S/C13H16F2N2/c14-10-2-1-3-12(13(10)15)16-11-5-7-17-6-4-9(11)8-17/h1-3,9,11,16H,4-8H2. The third-order valence-electron chi connectivity index (χ3n) is 3.93. The molecule has 0 saturated carbocycles. The van der Waals surface area contributed by atoms with Crippen molar-refractivity contribution in [3.8, 4) is 0 Å². The van der Waals surface area contributed by atoms with Crippen molar-refractivity contribution >= 4 is 5.69 Å². The van der Waals surface area contributed by atoms with Crippen LogP contribution >= 0.6 is 0 Å². The number of hydrogen-bond donors (Lipinski definition) is 1. The van der Waals surface area contributed by atoms with Gasteiger partial charge in [-0.3, -0.25) is 0 Å². The van der Waals surface area contributed by atoms with Gasteiger partial charge in [0.1, 0.15) is 0 Å². The second-order valence-corrected chi connectivity index (χ2v) is 4.99. The number of nitrogens with zero attached hydrogens (tertiary/aromatic N) is 1. The van der Waals surface area contributed by atoms with Gasteiger partial charge in [0.2, 0.25) is 0 Å². The van der Waals surface area contributed by atoms with Crippen LogP contribution in [0.2, 0.25) is 0 Å². The van der Waals surface area contributed by atoms with Gasteiger partial charge < -0.3 is 10.2 Å². The van der Waals surface area contributed by atoms with Gasteiger partial charge in [0.05, 0.1) is 5.69 Å². The molecule has 1 aromatic rings. The zero-order valence-electron chi connectivity index (χ0n) is 9.63. The maximum absolute atomic E-state index is 13.6. The third-order valence-corrected chi connectivity index (χ3v) is 3.93. The van der Waals surface area contributed by atoms with Gasteiger partial charge in [-0.05, 0) is 37.4 Å². The van der Waals surface area contributed by atoms with E-state index in [0.717, 1.165) is 38.5 Å². The molecule has 2 bridgehead atoms. The zero-order chi connectivity index (χ0) is 11.8. The van der Waals surface area contributed by atoms with E-state index in [1.54, 1.807) is 12.1 Å². The van der Waals surface area contributed by atoms with Gasteiger partial charge in [0, 0.05) is 19.1 Å². The fourth-order valence-electron chi connectivity index (χ4n) is 2.96. The van der Waals surface area contributed by atoms with E-state index in [1.807, 2.05) is 0 Å². The summed E-state index contributed by atoms with van der Waals surface area (Å²) in [5, 5.41) is 3.18. The highest BCUT2D eigenvalue weighted by Gasteiger charge is 2.34. The molecule has 2 heterocycles. The van der Waals surface area contributed by atoms with E-state index >= 15 is 0 Å². The Labute approximate surface area is 99.6 Å². The van der Waals surface area contributed by atoms with Gasteiger partial charge in [0.25, 0.3) is 0 Å². The van der Waals surface area contributed by atoms with Crippen molar-refractivity contribution < 1.29 is 8.78 Å². The van der Waals surface area contributed by atoms with Crippen LogP contribution in [0.15, 0.2) is 18.2 Å². The Morgan fingerprint density at radius 3 is 2.88 bits per heavy atom. The molecule has 17 heavy (non-hydrogen) atoms. The molecular weight excluding hydrogens is 222 g/mol. The Morgan fingerprint density at radius 2 is 2.00 bits per heavy atom. The fraction of sp³-hybridized carbons (Fsp3) is 0.538. The number of anilines is 1. The quantitative estimate of drug-likeness (QED) is 0.851. The summed E-state index contributed by atoms with van der Waals surface area (Å²) in [5.41, 5.74) is 0.301. The number of halogens is 2. The van der Waals surface area contributed by atoms with E-state index < -0.39 is 11.6 Å². The van der Waals surface area contributed by atoms with E-state index in [9.17, 15) is 8.78 Å². The number of nitrogens with one attached hydrogen (secondary N) is 1. The Kier molecular flexibility index (Phi) is 2.74. The molecule has 2 fully saturated rings. The molecule has 2 saturated heterocycles. The van der Waals surface area contributed by atoms with Crippen molar-refractivity contribution in [2.45, 2.75) is 18.9 Å². The van der Waals surface area contributed by atoms with Gasteiger partial charge >= 0.3 is 0 Å². The summed E-state index contributed by atoms with van der Waals surface area (Å²) >= 11 is 0. The molecule has 0 amide bonds. The molecule has 1 N–H and O–H groups in total. The summed E-state index contributed by atoms with van der Waals surface area (Å²) in [6.07, 6.45) is 2.18. The van der Waals surface area contributed by atoms with Gasteiger partial charge in [-0.1, -0.05) is 6.07 Å². The van der Waals surface area contributed by atoms with E-state index in [-0.39, 0.29) is 6.04 Å². The van der Waals surface area contributed by atoms with Gasteiger partial charge in [0.15, 0.2) is 11.6 Å². The Hall–Kier alpha value is -1.16. The lowest BCUT2D eigenvalue weighted by atomic mass is 9.94. The largest absolute Gasteiger partial charge is 0.379 e. The SMILES string of the molecule is Fc1cccc(NC2CCN3CCC2C3)c1F. The molecule has 1 aromatic carbocycles. The molecule has 4 heteroatoms. The van der Waals surface area contributed by atoms with Crippen molar-refractivity contribution in [3.05, 3.63) is 29.8 Å². The molecule has 0 aromatic heterocycles. The minimum atomic E-state index is -0.779. The summed E-state index contributed by atoms with van der Waals surface area (Å²) in [7, 11) is 0. The lowest BCUT2D eigenvalue weighted by Crippen LogP contribution is -2.39. The summed E-state index contributed by atoms with van der Waals surface area (Å²) in [4.78, 5) is 2.44. The molecule has 0 radical (unpaired) electrons. The average molecular weight is 238 g/mol. The van der Waals surface area contributed by atoms with Crippen LogP contribution in [-0.4, -0.2) is 30.6 Å². The molecule has 2 aliphatic heterocycles. The first-order valence-corrected chi connectivity index (χ1v) is 6.17. The molecule has 92 valence electrons. The van der Waals surface area contributed by atoms with Gasteiger partial charge in [-0.2, -0.15) is 0 Å². The summed E-state index contributed by atoms with van der Waals surface area (Å²) < 4.78 is 26.6. The van der Waals surface area contributed by atoms with Crippen LogP contribution in [0.4, 0.5) is 14.5 Å². The normalized spacial score (nSPS) is 31.5. The smallest absolute Gasteiger partial charge is 0.181 e. The minimum absolute atomic E-state index is 0.282. The maximum Gasteiger partial charge on any atom is 0.181 e. The van der Waals surface area contributed by atoms with Crippen LogP contribution in [-0.2, 0) is 0 Å². The number of benzene rings is 1. The fourth-order valence-corrected chi connectivity index (χ4v) is 2.96. The molecule has 0 aliphatic carbocycles. The van der Waals surface area contributed by atoms with Crippen LogP contribution in [0.5, 0.6) is 0 Å². The monoisotopic (exact) mass is 238 g/mol. The molecule has 2 nitrogen and oxygen atoms in total. The molecule has 3 unspecified atom stereocenters. The Bertz CT molecular complexity index is 422. The summed E-state index contributed by atoms with van der Waals surface area (Å²) in [6.45, 7) is 3.30. The van der Waals surface area contributed by atoms with Crippen LogP contribution in [0.3, 0.4) is 0 Å². The Morgan fingerprint density at radius 1 is 1.18 bits per heavy atom. The molecular formula is C13H16F2N2. The molecule has 0 spiro atoms. The van der Waals surface area contributed by atoms with E-state index in [4.69, 9.17) is 0 Å². The summed E-state index contributed by atoms with van der Waals surface area (Å²) in [6, 6.07) is 4.59. The maximum atomic E-state index is 13.6. The number of hydrogen-bond acceptors (Lipinski definition) is 2. The number of piperidine rings is 1. The summed E-state index contributed by atoms with van der Waals surface area (Å²) in [5.74, 6) is -0.960. The lowest BCUT2D eigenvalue weighted by Gasteiger charge is -2.31. The van der Waals surface area contributed by atoms with E-state index in [1.165, 1.54) is 0 Å². The zero-order valence-corrected chi connectivity index (χ0v) is 9.63. The van der Waals surface area contributed by atoms with E-state index in [2.05, 4.69) is 10.2 Å². The van der Waals surface area contributed by atoms with Crippen LogP contribution in [0, 0.1) is 17.6 Å². The second kappa shape index (κ2) is 4.26. The second-order valence-electron chi connectivity index (χ2n) is 4.99. The van der Waals surface area contributed by atoms with Crippen molar-refractivity contribution in [3.63, 3.8) is 0 Å². The van der Waals surface area contributed by atoms with Crippen molar-refractivity contribution in [1.82, 2.24) is 4.90 Å². The highest BCUT2D eigenvalue weighted by atomic mass is 19.2. The van der Waals surface area contributed by atoms with Crippen molar-refractivity contribution in [2.24, 2.45) is 5.92 Å². The van der Waals surface area contributed by atoms with E-state index in [0.29, 0.717) is 11.6 Å². The first-order valence-electron chi connectivity index (χ1n) is 6.17. The minimum Gasteiger partial charge on any atom is -0.379 e. The highest BCUT2D eigenvalue weighted by Crippen LogP contribution is 2.30. The first kappa shape index (κ1) is 11.0. The van der Waals surface area contributed by atoms with Crippen LogP contribution < -0.4 is 5.32 Å². The Balaban J connectivity index is 1.76.